The lowest BCUT2D eigenvalue weighted by Gasteiger charge is -2.04. The molecule has 2 N–H and O–H groups in total. The third-order valence-corrected chi connectivity index (χ3v) is 3.28. The van der Waals surface area contributed by atoms with Gasteiger partial charge in [0.2, 0.25) is 0 Å². The summed E-state index contributed by atoms with van der Waals surface area (Å²) >= 11 is 5.06. The van der Waals surface area contributed by atoms with E-state index in [4.69, 9.17) is 12.2 Å². The van der Waals surface area contributed by atoms with Crippen LogP contribution in [0.25, 0.3) is 5.69 Å². The highest BCUT2D eigenvalue weighted by Crippen LogP contribution is 2.15. The van der Waals surface area contributed by atoms with Crippen molar-refractivity contribution in [1.29, 1.82) is 0 Å². The molecule has 2 aromatic rings. The van der Waals surface area contributed by atoms with E-state index >= 15 is 0 Å². The van der Waals surface area contributed by atoms with Crippen LogP contribution in [0.4, 0.5) is 0 Å². The molecule has 1 heterocycles. The van der Waals surface area contributed by atoms with E-state index in [2.05, 4.69) is 20.9 Å². The third-order valence-electron chi connectivity index (χ3n) is 3.05. The lowest BCUT2D eigenvalue weighted by atomic mass is 10.2. The van der Waals surface area contributed by atoms with Crippen molar-refractivity contribution in [3.63, 3.8) is 0 Å². The number of para-hydroxylation sites is 1. The molecule has 2 rings (SSSR count). The highest BCUT2D eigenvalue weighted by atomic mass is 32.1. The van der Waals surface area contributed by atoms with Crippen molar-refractivity contribution in [3.05, 3.63) is 47.3 Å². The Morgan fingerprint density at radius 3 is 2.71 bits per heavy atom. The average molecular weight is 301 g/mol. The van der Waals surface area contributed by atoms with Crippen LogP contribution >= 0.6 is 12.2 Å². The molecule has 1 aromatic carbocycles. The quantitative estimate of drug-likeness (QED) is 0.517. The van der Waals surface area contributed by atoms with Gasteiger partial charge < -0.3 is 5.32 Å². The molecule has 21 heavy (non-hydrogen) atoms. The van der Waals surface area contributed by atoms with E-state index in [9.17, 15) is 0 Å². The van der Waals surface area contributed by atoms with Crippen LogP contribution < -0.4 is 10.7 Å². The summed E-state index contributed by atoms with van der Waals surface area (Å²) in [4.78, 5) is 0. The predicted molar refractivity (Wildman–Crippen MR) is 90.0 cm³/mol. The monoisotopic (exact) mass is 301 g/mol. The summed E-state index contributed by atoms with van der Waals surface area (Å²) in [6.07, 6.45) is 1.75. The highest BCUT2D eigenvalue weighted by Gasteiger charge is 2.10. The number of nitrogens with one attached hydrogen (secondary N) is 2. The smallest absolute Gasteiger partial charge is 0.186 e. The minimum absolute atomic E-state index is 0.513. The second kappa shape index (κ2) is 6.99. The van der Waals surface area contributed by atoms with Crippen molar-refractivity contribution in [3.8, 4) is 5.69 Å². The summed E-state index contributed by atoms with van der Waals surface area (Å²) < 4.78 is 1.92. The molecule has 0 bridgehead atoms. The highest BCUT2D eigenvalue weighted by molar-refractivity contribution is 7.80. The Bertz CT molecular complexity index is 646. The standard InChI is InChI=1S/C15H19N5S/c1-4-16-15(21)18-17-10-14-11(2)19-20(12(14)3)13-8-6-5-7-9-13/h5-10H,4H2,1-3H3,(H2,16,18,21)/b17-10-. The summed E-state index contributed by atoms with van der Waals surface area (Å²) in [6.45, 7) is 6.74. The molecule has 0 aliphatic rings. The first-order valence-corrected chi connectivity index (χ1v) is 7.23. The minimum Gasteiger partial charge on any atom is -0.362 e. The van der Waals surface area contributed by atoms with Crippen molar-refractivity contribution >= 4 is 23.5 Å². The van der Waals surface area contributed by atoms with E-state index in [1.807, 2.05) is 55.8 Å². The number of aryl methyl sites for hydroxylation is 1. The number of hydrazone groups is 1. The van der Waals surface area contributed by atoms with E-state index in [0.29, 0.717) is 5.11 Å². The first-order valence-electron chi connectivity index (χ1n) is 6.82. The van der Waals surface area contributed by atoms with E-state index in [1.165, 1.54) is 0 Å². The molecule has 6 heteroatoms. The van der Waals surface area contributed by atoms with Crippen molar-refractivity contribution in [2.75, 3.05) is 6.54 Å². The molecule has 0 atom stereocenters. The van der Waals surface area contributed by atoms with Crippen LogP contribution in [0.1, 0.15) is 23.9 Å². The molecule has 110 valence electrons. The fraction of sp³-hybridized carbons (Fsp3) is 0.267. The van der Waals surface area contributed by atoms with Crippen LogP contribution in [0.15, 0.2) is 35.4 Å². The van der Waals surface area contributed by atoms with Gasteiger partial charge in [0, 0.05) is 12.1 Å². The van der Waals surface area contributed by atoms with Crippen molar-refractivity contribution in [2.45, 2.75) is 20.8 Å². The number of aromatic nitrogens is 2. The molecule has 0 saturated heterocycles. The Morgan fingerprint density at radius 1 is 1.33 bits per heavy atom. The van der Waals surface area contributed by atoms with Gasteiger partial charge in [-0.05, 0) is 45.1 Å². The number of benzene rings is 1. The number of hydrogen-bond acceptors (Lipinski definition) is 3. The fourth-order valence-corrected chi connectivity index (χ4v) is 2.21. The van der Waals surface area contributed by atoms with E-state index in [1.54, 1.807) is 6.21 Å². The number of thiocarbonyl (C=S) groups is 1. The molecule has 0 aliphatic carbocycles. The Hall–Kier alpha value is -2.21. The molecule has 0 spiro atoms. The molecular weight excluding hydrogens is 282 g/mol. The summed E-state index contributed by atoms with van der Waals surface area (Å²) in [6, 6.07) is 10.0. The Labute approximate surface area is 130 Å². The van der Waals surface area contributed by atoms with Gasteiger partial charge in [0.25, 0.3) is 0 Å². The summed E-state index contributed by atoms with van der Waals surface area (Å²) in [7, 11) is 0. The Balaban J connectivity index is 2.20. The van der Waals surface area contributed by atoms with Crippen LogP contribution in [0.3, 0.4) is 0 Å². The topological polar surface area (TPSA) is 54.2 Å². The van der Waals surface area contributed by atoms with Crippen LogP contribution in [-0.4, -0.2) is 27.7 Å². The fourth-order valence-electron chi connectivity index (χ4n) is 2.02. The van der Waals surface area contributed by atoms with Crippen LogP contribution in [-0.2, 0) is 0 Å². The van der Waals surface area contributed by atoms with Gasteiger partial charge in [-0.2, -0.15) is 10.2 Å². The zero-order valence-corrected chi connectivity index (χ0v) is 13.2. The summed E-state index contributed by atoms with van der Waals surface area (Å²) in [5, 5.41) is 12.2. The van der Waals surface area contributed by atoms with Crippen molar-refractivity contribution in [2.24, 2.45) is 5.10 Å². The molecule has 0 fully saturated rings. The van der Waals surface area contributed by atoms with Gasteiger partial charge >= 0.3 is 0 Å². The molecule has 0 unspecified atom stereocenters. The second-order valence-electron chi connectivity index (χ2n) is 4.56. The van der Waals surface area contributed by atoms with E-state index in [-0.39, 0.29) is 0 Å². The predicted octanol–water partition coefficient (Wildman–Crippen LogP) is 2.31. The van der Waals surface area contributed by atoms with E-state index in [0.717, 1.165) is 29.2 Å². The van der Waals surface area contributed by atoms with Gasteiger partial charge in [0.05, 0.1) is 23.3 Å². The lowest BCUT2D eigenvalue weighted by molar-refractivity contribution is 0.833. The van der Waals surface area contributed by atoms with Crippen LogP contribution in [0.5, 0.6) is 0 Å². The maximum atomic E-state index is 5.06. The molecule has 0 amide bonds. The summed E-state index contributed by atoms with van der Waals surface area (Å²) in [5.74, 6) is 0. The normalized spacial score (nSPS) is 10.8. The molecule has 1 aromatic heterocycles. The maximum absolute atomic E-state index is 5.06. The van der Waals surface area contributed by atoms with Gasteiger partial charge in [0.15, 0.2) is 5.11 Å². The molecular formula is C15H19N5S. The summed E-state index contributed by atoms with van der Waals surface area (Å²) in [5.41, 5.74) is 6.78. The Morgan fingerprint density at radius 2 is 2.05 bits per heavy atom. The molecule has 0 radical (unpaired) electrons. The van der Waals surface area contributed by atoms with Gasteiger partial charge in [-0.3, -0.25) is 5.43 Å². The number of rotatable bonds is 4. The van der Waals surface area contributed by atoms with Crippen LogP contribution in [0, 0.1) is 13.8 Å². The van der Waals surface area contributed by atoms with Gasteiger partial charge in [0.1, 0.15) is 0 Å². The maximum Gasteiger partial charge on any atom is 0.186 e. The lowest BCUT2D eigenvalue weighted by Crippen LogP contribution is -2.31. The first-order chi connectivity index (χ1) is 10.1. The molecule has 0 saturated carbocycles. The zero-order valence-electron chi connectivity index (χ0n) is 12.4. The minimum atomic E-state index is 0.513. The SMILES string of the molecule is CCNC(=S)N/N=C\c1c(C)nn(-c2ccccc2)c1C. The Kier molecular flexibility index (Phi) is 5.05. The second-order valence-corrected chi connectivity index (χ2v) is 4.97. The van der Waals surface area contributed by atoms with Crippen molar-refractivity contribution < 1.29 is 0 Å². The largest absolute Gasteiger partial charge is 0.362 e. The van der Waals surface area contributed by atoms with Crippen molar-refractivity contribution in [1.82, 2.24) is 20.5 Å². The first kappa shape index (κ1) is 15.2. The zero-order chi connectivity index (χ0) is 15.2. The third kappa shape index (κ3) is 3.66. The average Bonchev–Trinajstić information content (AvgIpc) is 2.76. The number of hydrogen-bond donors (Lipinski definition) is 2. The van der Waals surface area contributed by atoms with Gasteiger partial charge in [-0.15, -0.1) is 0 Å². The van der Waals surface area contributed by atoms with Crippen LogP contribution in [0.2, 0.25) is 0 Å². The molecule has 5 nitrogen and oxygen atoms in total. The van der Waals surface area contributed by atoms with Gasteiger partial charge in [-0.1, -0.05) is 18.2 Å². The van der Waals surface area contributed by atoms with Gasteiger partial charge in [-0.25, -0.2) is 4.68 Å². The molecule has 0 aliphatic heterocycles. The number of nitrogens with zero attached hydrogens (tertiary/aromatic N) is 3. The van der Waals surface area contributed by atoms with E-state index < -0.39 is 0 Å².